The molecule has 8 N–H and O–H groups in total. The Morgan fingerprint density at radius 3 is 1.46 bits per heavy atom. The molecule has 1 aliphatic rings. The highest BCUT2D eigenvalue weighted by molar-refractivity contribution is 7.59. The molecule has 0 aromatic rings. The summed E-state index contributed by atoms with van der Waals surface area (Å²) in [6.45, 7) is 0.353. The van der Waals surface area contributed by atoms with Crippen molar-refractivity contribution >= 4 is 48.9 Å². The highest BCUT2D eigenvalue weighted by atomic mass is 32.1. The summed E-state index contributed by atoms with van der Waals surface area (Å²) >= 11 is 0. The second kappa shape index (κ2) is 33.0. The summed E-state index contributed by atoms with van der Waals surface area (Å²) in [5, 5.41) is 31.7. The highest BCUT2D eigenvalue weighted by Gasteiger charge is 2.56. The van der Waals surface area contributed by atoms with Crippen LogP contribution < -0.4 is 0 Å². The zero-order valence-corrected chi connectivity index (χ0v) is 38.0. The molecule has 1 fully saturated rings. The van der Waals surface area contributed by atoms with Crippen LogP contribution in [0.5, 0.6) is 0 Å². The third-order valence-electron chi connectivity index (χ3n) is 8.26. The molecule has 374 valence electrons. The number of carbonyl (C=O) groups is 2. The fourth-order valence-electron chi connectivity index (χ4n) is 5.47. The number of hydrogen-bond acceptors (Lipinski definition) is 14. The molecule has 0 aromatic carbocycles. The number of hydrogen-bond donors (Lipinski definition) is 8. The Balaban J connectivity index is -0.000000229. The van der Waals surface area contributed by atoms with Gasteiger partial charge in [0.2, 0.25) is 0 Å². The molecule has 0 saturated heterocycles. The van der Waals surface area contributed by atoms with Gasteiger partial charge < -0.3 is 49.3 Å². The number of terminal acetylenes is 1. The molecule has 0 aliphatic heterocycles. The zero-order valence-electron chi connectivity index (χ0n) is 34.3. The molecule has 4 unspecified atom stereocenters. The van der Waals surface area contributed by atoms with Crippen molar-refractivity contribution in [1.29, 1.82) is 0 Å². The van der Waals surface area contributed by atoms with Crippen molar-refractivity contribution in [2.24, 2.45) is 0 Å². The van der Waals surface area contributed by atoms with Crippen LogP contribution >= 0.6 is 37.0 Å². The quantitative estimate of drug-likeness (QED) is 0.0176. The average molecular weight is 989 g/mol. The number of phosphoric ester groups is 3. The Morgan fingerprint density at radius 1 is 0.587 bits per heavy atom. The van der Waals surface area contributed by atoms with E-state index in [2.05, 4.69) is 87.0 Å². The predicted molar refractivity (Wildman–Crippen MR) is 257 cm³/mol. The van der Waals surface area contributed by atoms with Gasteiger partial charge in [-0.15, -0.1) is 6.42 Å². The van der Waals surface area contributed by atoms with E-state index in [0.717, 1.165) is 25.7 Å². The molecule has 1 saturated carbocycles. The zero-order chi connectivity index (χ0) is 46.4. The van der Waals surface area contributed by atoms with Gasteiger partial charge >= 0.3 is 35.4 Å². The van der Waals surface area contributed by atoms with Gasteiger partial charge in [-0.3, -0.25) is 22.9 Å². The van der Waals surface area contributed by atoms with Gasteiger partial charge in [0.25, 0.3) is 0 Å². The van der Waals surface area contributed by atoms with Gasteiger partial charge in [-0.2, -0.15) is 13.5 Å². The normalized spacial score (nSPS) is 20.3. The van der Waals surface area contributed by atoms with Crippen molar-refractivity contribution in [2.75, 3.05) is 13.2 Å². The molecule has 0 spiro atoms. The lowest BCUT2D eigenvalue weighted by Gasteiger charge is -2.44. The fourth-order valence-corrected chi connectivity index (χ4v) is 7.56. The molecule has 0 amide bonds. The minimum Gasteiger partial charge on any atom is -0.456 e. The van der Waals surface area contributed by atoms with E-state index in [1.54, 1.807) is 0 Å². The van der Waals surface area contributed by atoms with Gasteiger partial charge in [0.15, 0.2) is 6.10 Å². The first-order chi connectivity index (χ1) is 29.3. The Morgan fingerprint density at radius 2 is 1.00 bits per heavy atom. The molecule has 0 heterocycles. The maximum absolute atomic E-state index is 13.0. The molecular weight excluding hydrogens is 909 g/mol. The summed E-state index contributed by atoms with van der Waals surface area (Å²) in [7, 11) is -16.7. The van der Waals surface area contributed by atoms with Crippen LogP contribution in [0.15, 0.2) is 0 Å². The van der Waals surface area contributed by atoms with Crippen molar-refractivity contribution in [3.05, 3.63) is 0 Å². The third-order valence-corrected chi connectivity index (χ3v) is 10.3. The second-order valence-electron chi connectivity index (χ2n) is 13.3. The minimum atomic E-state index is -5.63. The first-order valence-electron chi connectivity index (χ1n) is 19.3. The van der Waals surface area contributed by atoms with Crippen molar-refractivity contribution < 1.29 is 109 Å². The Labute approximate surface area is 393 Å². The standard InChI is InChI=1S/C40H51O19P3.H2S.13H2/c1-3-5-7-9-11-13-15-17-19-21-23-25-27-29-34(42)56-32(30-54-33(41)28-26-24-22-20-18-16-14-12-10-8-6-4-2)31-55-62(52,53)59-38-35(43)36(44)39(57-60(46,47)48)40(37(38)45)58-61(49,50)51;;;;;;;;;;;;;;/h2,32,35-40,43-45H,3,5,7,9,11,13,15,17,19,21,23,25,27,29-31H2,1H3,(H,52,53)(H2,46,47,48)(H2,49,50,51);1H2;13*1H/t32-,35-,36+,37?,38?,39?,40-;;;;;;;;;;;;;;/m1............../s1. The van der Waals surface area contributed by atoms with E-state index in [4.69, 9.17) is 24.9 Å². The predicted octanol–water partition coefficient (Wildman–Crippen LogP) is 5.44. The smallest absolute Gasteiger partial charge is 0.456 e. The summed E-state index contributed by atoms with van der Waals surface area (Å²) in [5.41, 5.74) is 0. The molecule has 19 nitrogen and oxygen atoms in total. The van der Waals surface area contributed by atoms with E-state index >= 15 is 0 Å². The van der Waals surface area contributed by atoms with Crippen molar-refractivity contribution in [3.63, 3.8) is 0 Å². The summed E-state index contributed by atoms with van der Waals surface area (Å²) in [6, 6.07) is 0. The summed E-state index contributed by atoms with van der Waals surface area (Å²) < 4.78 is 64.5. The molecule has 1 rings (SSSR count). The molecular formula is C40H79O19P3S. The molecule has 1 aliphatic carbocycles. The monoisotopic (exact) mass is 988 g/mol. The number of esters is 2. The van der Waals surface area contributed by atoms with Crippen LogP contribution in [0.25, 0.3) is 0 Å². The Kier molecular flexibility index (Phi) is 31.1. The minimum absolute atomic E-state index is 0. The van der Waals surface area contributed by atoms with E-state index < -0.39 is 91.3 Å². The Bertz CT molecular complexity index is 2080. The molecule has 63 heavy (non-hydrogen) atoms. The SMILES string of the molecule is C#CC#CC#CC#CC#CC#CC#CC(=O)OC[C@H](COP(=O)(O)OC1C(O)[C@@H](OP(=O)(O)O)C(OP(=O)(O)O)[C@@H](O)[C@H]1O)OC(=O)CCCCCCCCCCCCCCC.S.[HH].[HH].[HH].[HH].[HH].[HH].[HH].[HH].[HH].[HH].[HH].[HH].[HH]. The largest absolute Gasteiger partial charge is 0.472 e. The summed E-state index contributed by atoms with van der Waals surface area (Å²) in [4.78, 5) is 72.4. The van der Waals surface area contributed by atoms with Crippen LogP contribution in [0.1, 0.15) is 115 Å². The van der Waals surface area contributed by atoms with Gasteiger partial charge in [0, 0.05) is 30.9 Å². The lowest BCUT2D eigenvalue weighted by atomic mass is 9.85. The van der Waals surface area contributed by atoms with Crippen LogP contribution in [-0.2, 0) is 50.9 Å². The topological polar surface area (TPSA) is 303 Å². The molecule has 0 aromatic heterocycles. The van der Waals surface area contributed by atoms with Crippen LogP contribution in [0, 0.1) is 83.4 Å². The van der Waals surface area contributed by atoms with Crippen molar-refractivity contribution in [3.8, 4) is 83.4 Å². The average Bonchev–Trinajstić information content (AvgIpc) is 3.19. The number of aliphatic hydroxyl groups excluding tert-OH is 3. The van der Waals surface area contributed by atoms with Crippen LogP contribution in [0.3, 0.4) is 0 Å². The third kappa shape index (κ3) is 29.5. The summed E-state index contributed by atoms with van der Waals surface area (Å²) in [6.07, 6.45) is 1.86. The number of unbranched alkanes of at least 4 members (excludes halogenated alkanes) is 12. The molecule has 8 atom stereocenters. The van der Waals surface area contributed by atoms with Gasteiger partial charge in [-0.05, 0) is 77.5 Å². The number of carbonyl (C=O) groups excluding carboxylic acids is 2. The maximum atomic E-state index is 13.0. The van der Waals surface area contributed by atoms with E-state index in [1.165, 1.54) is 44.9 Å². The number of phosphoric acid groups is 3. The lowest BCUT2D eigenvalue weighted by molar-refractivity contribution is -0.213. The Hall–Kier alpha value is -3.58. The highest BCUT2D eigenvalue weighted by Crippen LogP contribution is 2.51. The van der Waals surface area contributed by atoms with Crippen LogP contribution in [0.4, 0.5) is 0 Å². The number of rotatable bonds is 26. The summed E-state index contributed by atoms with van der Waals surface area (Å²) in [5.74, 6) is 27.6. The van der Waals surface area contributed by atoms with Crippen molar-refractivity contribution in [2.45, 2.75) is 140 Å². The van der Waals surface area contributed by atoms with Gasteiger partial charge in [-0.25, -0.2) is 18.5 Å². The van der Waals surface area contributed by atoms with Crippen molar-refractivity contribution in [1.82, 2.24) is 0 Å². The first kappa shape index (κ1) is 59.4. The molecule has 0 bridgehead atoms. The van der Waals surface area contributed by atoms with E-state index in [1.807, 2.05) is 5.92 Å². The number of ether oxygens (including phenoxy) is 2. The van der Waals surface area contributed by atoms with E-state index in [0.29, 0.717) is 12.8 Å². The molecule has 0 radical (unpaired) electrons. The molecule has 23 heteroatoms. The number of aliphatic hydroxyl groups is 3. The van der Waals surface area contributed by atoms with E-state index in [-0.39, 0.29) is 38.5 Å². The van der Waals surface area contributed by atoms with Gasteiger partial charge in [0.1, 0.15) is 43.2 Å². The van der Waals surface area contributed by atoms with Gasteiger partial charge in [-0.1, -0.05) is 84.0 Å². The maximum Gasteiger partial charge on any atom is 0.472 e. The van der Waals surface area contributed by atoms with Gasteiger partial charge in [0.05, 0.1) is 6.61 Å². The first-order valence-corrected chi connectivity index (χ1v) is 23.9. The van der Waals surface area contributed by atoms with E-state index in [9.17, 15) is 63.1 Å². The lowest BCUT2D eigenvalue weighted by Crippen LogP contribution is -2.65. The fraction of sp³-hybridized carbons (Fsp3) is 0.600. The van der Waals surface area contributed by atoms with Crippen LogP contribution in [-0.4, -0.2) is 108 Å². The van der Waals surface area contributed by atoms with Crippen LogP contribution in [0.2, 0.25) is 0 Å². The second-order valence-corrected chi connectivity index (χ2v) is 17.1.